The maximum absolute atomic E-state index is 12.1. The Labute approximate surface area is 64.1 Å². The zero-order chi connectivity index (χ0) is 8.85. The van der Waals surface area contributed by atoms with E-state index >= 15 is 0 Å². The molecule has 1 rings (SSSR count). The van der Waals surface area contributed by atoms with Crippen LogP contribution in [0.5, 0.6) is 0 Å². The van der Waals surface area contributed by atoms with Gasteiger partial charge in [0.2, 0.25) is 11.9 Å². The Morgan fingerprint density at radius 1 is 1.27 bits per heavy atom. The molecule has 0 atom stereocenters. The smallest absolute Gasteiger partial charge is 0.238 e. The van der Waals surface area contributed by atoms with Crippen LogP contribution in [0.1, 0.15) is 13.8 Å². The van der Waals surface area contributed by atoms with Crippen molar-refractivity contribution in [2.24, 2.45) is 0 Å². The van der Waals surface area contributed by atoms with Gasteiger partial charge >= 0.3 is 0 Å². The van der Waals surface area contributed by atoms with Crippen LogP contribution in [-0.4, -0.2) is 4.98 Å². The van der Waals surface area contributed by atoms with Crippen LogP contribution in [0.2, 0.25) is 0 Å². The van der Waals surface area contributed by atoms with Crippen LogP contribution in [0.4, 0.5) is 14.5 Å². The van der Waals surface area contributed by atoms with Crippen molar-refractivity contribution in [3.63, 3.8) is 0 Å². The van der Waals surface area contributed by atoms with Gasteiger partial charge in [-0.1, -0.05) is 13.8 Å². The molecule has 62 valence electrons. The maximum atomic E-state index is 12.1. The fraction of sp³-hybridized carbons (Fsp3) is 0.286. The maximum Gasteiger partial charge on any atom is 0.238 e. The molecule has 0 aliphatic rings. The number of nitrogens with two attached hydrogens (primary N) is 1. The number of halogens is 2. The second-order valence-corrected chi connectivity index (χ2v) is 1.51. The fourth-order valence-corrected chi connectivity index (χ4v) is 0.423. The molecule has 0 fully saturated rings. The number of anilines is 1. The van der Waals surface area contributed by atoms with Gasteiger partial charge in [-0.05, 0) is 12.1 Å². The largest absolute Gasteiger partial charge is 0.395 e. The van der Waals surface area contributed by atoms with E-state index in [2.05, 4.69) is 4.98 Å². The molecule has 1 aromatic heterocycles. The molecule has 0 saturated carbocycles. The lowest BCUT2D eigenvalue weighted by Gasteiger charge is -1.91. The van der Waals surface area contributed by atoms with E-state index in [9.17, 15) is 8.78 Å². The second-order valence-electron chi connectivity index (χ2n) is 1.51. The van der Waals surface area contributed by atoms with Gasteiger partial charge in [-0.2, -0.15) is 13.8 Å². The van der Waals surface area contributed by atoms with E-state index in [0.29, 0.717) is 0 Å². The molecule has 1 heterocycles. The Hall–Kier alpha value is -1.19. The number of hydrogen-bond donors (Lipinski definition) is 1. The molecule has 2 nitrogen and oxygen atoms in total. The van der Waals surface area contributed by atoms with Crippen molar-refractivity contribution in [3.05, 3.63) is 24.0 Å². The minimum absolute atomic E-state index is 0.142. The van der Waals surface area contributed by atoms with Crippen LogP contribution in [-0.2, 0) is 0 Å². The lowest BCUT2D eigenvalue weighted by Crippen LogP contribution is -1.94. The minimum Gasteiger partial charge on any atom is -0.395 e. The van der Waals surface area contributed by atoms with Crippen molar-refractivity contribution in [2.75, 3.05) is 5.73 Å². The zero-order valence-corrected chi connectivity index (χ0v) is 6.44. The van der Waals surface area contributed by atoms with E-state index in [0.717, 1.165) is 12.1 Å². The third-order valence-electron chi connectivity index (χ3n) is 0.844. The molecule has 4 heteroatoms. The molecule has 11 heavy (non-hydrogen) atoms. The molecular weight excluding hydrogens is 150 g/mol. The van der Waals surface area contributed by atoms with Gasteiger partial charge in [0.1, 0.15) is 0 Å². The van der Waals surface area contributed by atoms with Gasteiger partial charge in [0.25, 0.3) is 0 Å². The Morgan fingerprint density at radius 3 is 2.18 bits per heavy atom. The number of pyridine rings is 1. The van der Waals surface area contributed by atoms with E-state index in [1.165, 1.54) is 0 Å². The molecule has 0 radical (unpaired) electrons. The predicted octanol–water partition coefficient (Wildman–Crippen LogP) is 1.97. The normalized spacial score (nSPS) is 8.36. The fourth-order valence-electron chi connectivity index (χ4n) is 0.423. The third kappa shape index (κ3) is 2.93. The van der Waals surface area contributed by atoms with Crippen molar-refractivity contribution in [1.82, 2.24) is 4.98 Å². The number of nitrogens with zero attached hydrogens (tertiary/aromatic N) is 1. The summed E-state index contributed by atoms with van der Waals surface area (Å²) in [7, 11) is 0. The SMILES string of the molecule is CC.Nc1ccc(F)nc1F. The van der Waals surface area contributed by atoms with Crippen molar-refractivity contribution in [2.45, 2.75) is 13.8 Å². The summed E-state index contributed by atoms with van der Waals surface area (Å²) in [6.07, 6.45) is 0. The molecule has 2 N–H and O–H groups in total. The Bertz CT molecular complexity index is 226. The zero-order valence-electron chi connectivity index (χ0n) is 6.44. The highest BCUT2D eigenvalue weighted by molar-refractivity contribution is 5.34. The van der Waals surface area contributed by atoms with Crippen molar-refractivity contribution < 1.29 is 8.78 Å². The van der Waals surface area contributed by atoms with Gasteiger partial charge in [-0.25, -0.2) is 0 Å². The summed E-state index contributed by atoms with van der Waals surface area (Å²) >= 11 is 0. The molecule has 0 unspecified atom stereocenters. The summed E-state index contributed by atoms with van der Waals surface area (Å²) in [6.45, 7) is 4.00. The molecule has 0 aromatic carbocycles. The van der Waals surface area contributed by atoms with Crippen LogP contribution in [0, 0.1) is 11.9 Å². The van der Waals surface area contributed by atoms with Crippen LogP contribution >= 0.6 is 0 Å². The first kappa shape index (κ1) is 9.81. The van der Waals surface area contributed by atoms with Crippen LogP contribution < -0.4 is 5.73 Å². The molecule has 1 aromatic rings. The van der Waals surface area contributed by atoms with Gasteiger partial charge < -0.3 is 5.73 Å². The van der Waals surface area contributed by atoms with Crippen molar-refractivity contribution >= 4 is 5.69 Å². The highest BCUT2D eigenvalue weighted by Crippen LogP contribution is 2.05. The Kier molecular flexibility index (Phi) is 4.10. The number of hydrogen-bond acceptors (Lipinski definition) is 2. The molecule has 0 amide bonds. The monoisotopic (exact) mass is 160 g/mol. The van der Waals surface area contributed by atoms with Crippen LogP contribution in [0.25, 0.3) is 0 Å². The summed E-state index contributed by atoms with van der Waals surface area (Å²) < 4.78 is 24.0. The van der Waals surface area contributed by atoms with E-state index in [-0.39, 0.29) is 5.69 Å². The molecule has 0 aliphatic carbocycles. The molecule has 0 saturated heterocycles. The summed E-state index contributed by atoms with van der Waals surface area (Å²) in [4.78, 5) is 2.81. The first-order chi connectivity index (χ1) is 5.20. The summed E-state index contributed by atoms with van der Waals surface area (Å²) in [5, 5.41) is 0. The van der Waals surface area contributed by atoms with E-state index in [4.69, 9.17) is 5.73 Å². The topological polar surface area (TPSA) is 38.9 Å². The average Bonchev–Trinajstić information content (AvgIpc) is 2.02. The van der Waals surface area contributed by atoms with Crippen LogP contribution in [0.3, 0.4) is 0 Å². The minimum atomic E-state index is -0.963. The quantitative estimate of drug-likeness (QED) is 0.589. The van der Waals surface area contributed by atoms with Gasteiger partial charge in [0.15, 0.2) is 0 Å². The van der Waals surface area contributed by atoms with E-state index in [1.54, 1.807) is 0 Å². The van der Waals surface area contributed by atoms with Gasteiger partial charge in [0, 0.05) is 0 Å². The predicted molar refractivity (Wildman–Crippen MR) is 39.9 cm³/mol. The molecular formula is C7H10F2N2. The van der Waals surface area contributed by atoms with Gasteiger partial charge in [-0.15, -0.1) is 0 Å². The Balaban J connectivity index is 0.000000461. The highest BCUT2D eigenvalue weighted by Gasteiger charge is 1.98. The Morgan fingerprint density at radius 2 is 1.82 bits per heavy atom. The standard InChI is InChI=1S/C5H4F2N2.C2H6/c6-4-2-1-3(8)5(7)9-4;1-2/h1-2H,8H2;1-2H3. The third-order valence-corrected chi connectivity index (χ3v) is 0.844. The van der Waals surface area contributed by atoms with Crippen molar-refractivity contribution in [1.29, 1.82) is 0 Å². The number of aromatic nitrogens is 1. The lowest BCUT2D eigenvalue weighted by molar-refractivity contribution is 0.516. The first-order valence-electron chi connectivity index (χ1n) is 3.27. The van der Waals surface area contributed by atoms with E-state index < -0.39 is 11.9 Å². The molecule has 0 bridgehead atoms. The molecule has 0 aliphatic heterocycles. The highest BCUT2D eigenvalue weighted by atomic mass is 19.1. The van der Waals surface area contributed by atoms with Crippen LogP contribution in [0.15, 0.2) is 12.1 Å². The number of nitrogen functional groups attached to an aromatic ring is 1. The lowest BCUT2D eigenvalue weighted by atomic mass is 10.4. The van der Waals surface area contributed by atoms with E-state index in [1.807, 2.05) is 13.8 Å². The van der Waals surface area contributed by atoms with Gasteiger partial charge in [-0.3, -0.25) is 0 Å². The summed E-state index contributed by atoms with van der Waals surface area (Å²) in [6, 6.07) is 2.12. The summed E-state index contributed by atoms with van der Waals surface area (Å²) in [5.41, 5.74) is 4.84. The first-order valence-corrected chi connectivity index (χ1v) is 3.27. The second kappa shape index (κ2) is 4.60. The number of rotatable bonds is 0. The average molecular weight is 160 g/mol. The molecule has 0 spiro atoms. The van der Waals surface area contributed by atoms with Gasteiger partial charge in [0.05, 0.1) is 5.69 Å². The van der Waals surface area contributed by atoms with Crippen molar-refractivity contribution in [3.8, 4) is 0 Å². The summed E-state index contributed by atoms with van der Waals surface area (Å²) in [5.74, 6) is -1.82.